The highest BCUT2D eigenvalue weighted by atomic mass is 79.9. The lowest BCUT2D eigenvalue weighted by atomic mass is 9.40. The van der Waals surface area contributed by atoms with E-state index in [4.69, 9.17) is 51.8 Å². The lowest BCUT2D eigenvalue weighted by molar-refractivity contribution is 0.412. The number of anilines is 1. The number of hydrogen-bond acceptors (Lipinski definition) is 3. The van der Waals surface area contributed by atoms with Crippen LogP contribution in [0.3, 0.4) is 0 Å². The van der Waals surface area contributed by atoms with Crippen LogP contribution in [0.1, 0.15) is 0 Å². The molecular weight excluding hydrogens is 285 g/mol. The predicted molar refractivity (Wildman–Crippen MR) is 81.0 cm³/mol. The minimum atomic E-state index is -1.91. The Bertz CT molecular complexity index is 419. The Balaban J connectivity index is 3.39. The molecule has 0 fully saturated rings. The molecule has 1 rings (SSSR count). The van der Waals surface area contributed by atoms with E-state index in [-0.39, 0.29) is 5.82 Å². The molecule has 0 aliphatic heterocycles. The van der Waals surface area contributed by atoms with Crippen LogP contribution in [0.25, 0.3) is 0 Å². The van der Waals surface area contributed by atoms with Gasteiger partial charge in [0.1, 0.15) is 0 Å². The molecule has 0 bridgehead atoms. The van der Waals surface area contributed by atoms with Crippen LogP contribution < -0.4 is 9.64 Å². The molecule has 12 radical (unpaired) electrons. The molecule has 1 heterocycles. The maximum atomic E-state index is 5.59. The molecule has 0 unspecified atom stereocenters. The summed E-state index contributed by atoms with van der Waals surface area (Å²) < 4.78 is 5.81. The van der Waals surface area contributed by atoms with E-state index in [2.05, 4.69) is 20.9 Å². The fourth-order valence-corrected chi connectivity index (χ4v) is 1.74. The maximum Gasteiger partial charge on any atom is 0.168 e. The van der Waals surface area contributed by atoms with Gasteiger partial charge in [-0.1, -0.05) is 10.5 Å². The number of nitrogens with zero attached hydrogens (tertiary/aromatic N) is 2. The second-order valence-corrected chi connectivity index (χ2v) is 4.71. The van der Waals surface area contributed by atoms with Gasteiger partial charge >= 0.3 is 0 Å². The SMILES string of the molecule is [B]C([B])([B])N(c1ncc(Br)cc1OC)C([B])([B])[B]. The zero-order chi connectivity index (χ0) is 14.1. The van der Waals surface area contributed by atoms with E-state index in [0.29, 0.717) is 10.2 Å². The summed E-state index contributed by atoms with van der Waals surface area (Å²) in [5.41, 5.74) is 0. The fourth-order valence-electron chi connectivity index (χ4n) is 1.43. The molecule has 0 N–H and O–H groups in total. The van der Waals surface area contributed by atoms with E-state index in [0.717, 1.165) is 4.90 Å². The molecule has 0 amide bonds. The summed E-state index contributed by atoms with van der Waals surface area (Å²) in [6.45, 7) is 0. The Morgan fingerprint density at radius 2 is 1.67 bits per heavy atom. The van der Waals surface area contributed by atoms with Gasteiger partial charge in [0.15, 0.2) is 11.6 Å². The largest absolute Gasteiger partial charge is 0.493 e. The molecule has 10 heteroatoms. The first-order valence-electron chi connectivity index (χ1n) is 4.80. The third kappa shape index (κ3) is 3.56. The summed E-state index contributed by atoms with van der Waals surface area (Å²) in [4.78, 5) is 5.01. The monoisotopic (exact) mass is 290 g/mol. The van der Waals surface area contributed by atoms with Gasteiger partial charge in [-0.05, 0) is 22.0 Å². The minimum absolute atomic E-state index is 0.126. The van der Waals surface area contributed by atoms with Gasteiger partial charge < -0.3 is 9.64 Å². The van der Waals surface area contributed by atoms with Gasteiger partial charge in [0.25, 0.3) is 0 Å². The van der Waals surface area contributed by atoms with E-state index in [1.165, 1.54) is 13.3 Å². The van der Waals surface area contributed by atoms with Gasteiger partial charge in [-0.3, -0.25) is 0 Å². The third-order valence-corrected chi connectivity index (χ3v) is 2.44. The number of aromatic nitrogens is 1. The molecule has 0 saturated carbocycles. The van der Waals surface area contributed by atoms with Crippen molar-refractivity contribution >= 4 is 68.8 Å². The summed E-state index contributed by atoms with van der Waals surface area (Å²) in [5.74, 6) is 0.432. The van der Waals surface area contributed by atoms with E-state index in [1.54, 1.807) is 6.07 Å². The fraction of sp³-hybridized carbons (Fsp3) is 0.375. The van der Waals surface area contributed by atoms with Crippen molar-refractivity contribution in [3.8, 4) is 5.75 Å². The molecule has 78 valence electrons. The second-order valence-electron chi connectivity index (χ2n) is 3.79. The first-order valence-corrected chi connectivity index (χ1v) is 5.60. The predicted octanol–water partition coefficient (Wildman–Crippen LogP) is -1.11. The van der Waals surface area contributed by atoms with Gasteiger partial charge in [0.05, 0.1) is 54.2 Å². The Morgan fingerprint density at radius 1 is 1.17 bits per heavy atom. The van der Waals surface area contributed by atoms with Crippen LogP contribution in [0, 0.1) is 0 Å². The lowest BCUT2D eigenvalue weighted by Gasteiger charge is -2.50. The normalized spacial score (nSPS) is 12.1. The quantitative estimate of drug-likeness (QED) is 0.658. The van der Waals surface area contributed by atoms with Gasteiger partial charge in [-0.15, -0.1) is 0 Å². The van der Waals surface area contributed by atoms with Crippen molar-refractivity contribution in [1.29, 1.82) is 0 Å². The number of halogens is 1. The van der Waals surface area contributed by atoms with Crippen LogP contribution in [-0.4, -0.2) is 69.6 Å². The molecular formula is C8H5B6BrN2O. The van der Waals surface area contributed by atoms with Crippen LogP contribution >= 0.6 is 15.9 Å². The second kappa shape index (κ2) is 5.32. The van der Waals surface area contributed by atoms with Crippen molar-refractivity contribution in [3.05, 3.63) is 16.7 Å². The van der Waals surface area contributed by atoms with Gasteiger partial charge in [-0.2, -0.15) is 0 Å². The number of ether oxygens (including phenoxy) is 1. The van der Waals surface area contributed by atoms with Gasteiger partial charge in [0, 0.05) is 10.7 Å². The Morgan fingerprint density at radius 3 is 2.06 bits per heavy atom. The van der Waals surface area contributed by atoms with Crippen LogP contribution in [0.5, 0.6) is 5.75 Å². The Hall–Kier alpha value is -0.380. The van der Waals surface area contributed by atoms with Crippen LogP contribution in [-0.2, 0) is 0 Å². The summed E-state index contributed by atoms with van der Waals surface area (Å²) in [5, 5.41) is -3.82. The Labute approximate surface area is 123 Å². The van der Waals surface area contributed by atoms with E-state index in [9.17, 15) is 0 Å². The molecule has 18 heavy (non-hydrogen) atoms. The molecule has 1 aromatic heterocycles. The molecule has 0 atom stereocenters. The number of methoxy groups -OCH3 is 1. The van der Waals surface area contributed by atoms with Gasteiger partial charge in [-0.25, -0.2) is 4.98 Å². The number of hydrogen-bond donors (Lipinski definition) is 0. The highest BCUT2D eigenvalue weighted by Crippen LogP contribution is 2.33. The average Bonchev–Trinajstić information content (AvgIpc) is 2.16. The van der Waals surface area contributed by atoms with E-state index >= 15 is 0 Å². The van der Waals surface area contributed by atoms with Crippen LogP contribution in [0.2, 0.25) is 0 Å². The first kappa shape index (κ1) is 15.7. The van der Waals surface area contributed by atoms with Crippen molar-refractivity contribution < 1.29 is 4.74 Å². The van der Waals surface area contributed by atoms with Crippen molar-refractivity contribution in [1.82, 2.24) is 4.98 Å². The van der Waals surface area contributed by atoms with Crippen molar-refractivity contribution in [2.24, 2.45) is 0 Å². The lowest BCUT2D eigenvalue weighted by Crippen LogP contribution is -2.64. The molecule has 0 spiro atoms. The average molecular weight is 290 g/mol. The van der Waals surface area contributed by atoms with Gasteiger partial charge in [0.2, 0.25) is 0 Å². The molecule has 0 saturated heterocycles. The highest BCUT2D eigenvalue weighted by Gasteiger charge is 2.32. The van der Waals surface area contributed by atoms with E-state index < -0.39 is 10.5 Å². The zero-order valence-electron chi connectivity index (χ0n) is 9.80. The summed E-state index contributed by atoms with van der Waals surface area (Å²) in [7, 11) is 35.0. The maximum absolute atomic E-state index is 5.59. The molecule has 3 nitrogen and oxygen atoms in total. The smallest absolute Gasteiger partial charge is 0.168 e. The third-order valence-electron chi connectivity index (χ3n) is 2.01. The minimum Gasteiger partial charge on any atom is -0.493 e. The molecule has 0 aromatic carbocycles. The Kier molecular flexibility index (Phi) is 4.63. The number of rotatable bonds is 4. The summed E-state index contributed by atoms with van der Waals surface area (Å²) in [6, 6.07) is 1.62. The van der Waals surface area contributed by atoms with Crippen molar-refractivity contribution in [3.63, 3.8) is 0 Å². The molecule has 0 aliphatic rings. The highest BCUT2D eigenvalue weighted by molar-refractivity contribution is 9.10. The topological polar surface area (TPSA) is 25.4 Å². The van der Waals surface area contributed by atoms with E-state index in [1.807, 2.05) is 0 Å². The molecule has 1 aromatic rings. The first-order chi connectivity index (χ1) is 8.07. The molecule has 0 aliphatic carbocycles. The standard InChI is InChI=1S/C8H5B6BrN2O/c1-18-5-2-4(15)3-16-6(5)17(7(9,10)11)8(12,13)14/h2-3H,1H3. The number of pyridine rings is 1. The van der Waals surface area contributed by atoms with Crippen molar-refractivity contribution in [2.75, 3.05) is 12.0 Å². The summed E-state index contributed by atoms with van der Waals surface area (Å²) >= 11 is 3.24. The van der Waals surface area contributed by atoms with Crippen LogP contribution in [0.15, 0.2) is 16.7 Å². The van der Waals surface area contributed by atoms with Crippen LogP contribution in [0.4, 0.5) is 5.82 Å². The van der Waals surface area contributed by atoms with Crippen molar-refractivity contribution in [2.45, 2.75) is 10.5 Å². The zero-order valence-corrected chi connectivity index (χ0v) is 11.4. The summed E-state index contributed by atoms with van der Waals surface area (Å²) in [6.07, 6.45) is 1.47.